The van der Waals surface area contributed by atoms with Gasteiger partial charge in [-0.3, -0.25) is 4.79 Å². The van der Waals surface area contributed by atoms with Crippen molar-refractivity contribution in [2.24, 2.45) is 0 Å². The molecule has 0 atom stereocenters. The number of fused-ring (bicyclic) bond motifs is 1. The Balaban J connectivity index is 2.07. The van der Waals surface area contributed by atoms with Crippen molar-refractivity contribution in [3.05, 3.63) is 22.7 Å². The van der Waals surface area contributed by atoms with E-state index < -0.39 is 11.4 Å². The van der Waals surface area contributed by atoms with Crippen molar-refractivity contribution in [2.75, 3.05) is 13.2 Å². The number of aliphatic carboxylic acids is 1. The number of benzene rings is 1. The lowest BCUT2D eigenvalue weighted by atomic mass is 9.64. The van der Waals surface area contributed by atoms with E-state index in [1.54, 1.807) is 12.1 Å². The highest BCUT2D eigenvalue weighted by Gasteiger charge is 2.47. The molecule has 1 aliphatic heterocycles. The molecule has 0 saturated heterocycles. The lowest BCUT2D eigenvalue weighted by Crippen LogP contribution is -2.42. The second-order valence-electron chi connectivity index (χ2n) is 5.07. The molecule has 1 aromatic rings. The van der Waals surface area contributed by atoms with Gasteiger partial charge >= 0.3 is 5.97 Å². The Bertz CT molecular complexity index is 522. The minimum absolute atomic E-state index is 0.450. The summed E-state index contributed by atoms with van der Waals surface area (Å²) in [5.41, 5.74) is -0.195. The van der Waals surface area contributed by atoms with Crippen molar-refractivity contribution in [1.29, 1.82) is 0 Å². The summed E-state index contributed by atoms with van der Waals surface area (Å²) in [6.45, 7) is 1.17. The summed E-state index contributed by atoms with van der Waals surface area (Å²) in [4.78, 5) is 11.6. The summed E-state index contributed by atoms with van der Waals surface area (Å²) in [7, 11) is 0. The third kappa shape index (κ3) is 1.94. The molecule has 1 aliphatic carbocycles. The van der Waals surface area contributed by atoms with Crippen LogP contribution in [0.4, 0.5) is 0 Å². The van der Waals surface area contributed by atoms with Crippen molar-refractivity contribution < 1.29 is 19.4 Å². The predicted molar refractivity (Wildman–Crippen MR) is 70.2 cm³/mol. The van der Waals surface area contributed by atoms with Crippen LogP contribution >= 0.6 is 11.6 Å². The van der Waals surface area contributed by atoms with E-state index in [2.05, 4.69) is 0 Å². The van der Waals surface area contributed by atoms with E-state index in [9.17, 15) is 9.90 Å². The zero-order valence-electron chi connectivity index (χ0n) is 10.4. The third-order valence-electron chi connectivity index (χ3n) is 3.97. The van der Waals surface area contributed by atoms with Crippen molar-refractivity contribution >= 4 is 17.6 Å². The molecule has 1 saturated carbocycles. The summed E-state index contributed by atoms with van der Waals surface area (Å²) >= 11 is 6.26. The summed E-state index contributed by atoms with van der Waals surface area (Å²) < 4.78 is 11.2. The van der Waals surface area contributed by atoms with Gasteiger partial charge in [0.25, 0.3) is 0 Å². The second kappa shape index (κ2) is 4.60. The third-order valence-corrected chi connectivity index (χ3v) is 4.28. The number of carboxylic acids is 1. The molecule has 0 spiro atoms. The Morgan fingerprint density at radius 2 is 1.79 bits per heavy atom. The number of ether oxygens (including phenoxy) is 2. The van der Waals surface area contributed by atoms with Crippen LogP contribution in [-0.2, 0) is 10.2 Å². The number of hydrogen-bond donors (Lipinski definition) is 1. The molecular weight excluding hydrogens is 268 g/mol. The van der Waals surface area contributed by atoms with Crippen molar-refractivity contribution in [3.8, 4) is 11.5 Å². The Morgan fingerprint density at radius 1 is 1.16 bits per heavy atom. The molecule has 1 aromatic carbocycles. The van der Waals surface area contributed by atoms with Crippen LogP contribution in [0.3, 0.4) is 0 Å². The van der Waals surface area contributed by atoms with Gasteiger partial charge in [0, 0.05) is 17.5 Å². The average Bonchev–Trinajstić information content (AvgIpc) is 2.52. The van der Waals surface area contributed by atoms with Crippen LogP contribution in [0.2, 0.25) is 5.02 Å². The molecule has 102 valence electrons. The summed E-state index contributed by atoms with van der Waals surface area (Å²) in [6.07, 6.45) is 2.98. The number of carbonyl (C=O) groups is 1. The van der Waals surface area contributed by atoms with Crippen LogP contribution in [0.15, 0.2) is 12.1 Å². The van der Waals surface area contributed by atoms with Gasteiger partial charge in [-0.15, -0.1) is 0 Å². The zero-order valence-corrected chi connectivity index (χ0v) is 11.2. The first-order chi connectivity index (χ1) is 9.13. The van der Waals surface area contributed by atoms with Crippen molar-refractivity contribution in [2.45, 2.75) is 31.1 Å². The van der Waals surface area contributed by atoms with E-state index >= 15 is 0 Å². The van der Waals surface area contributed by atoms with E-state index in [0.717, 1.165) is 12.8 Å². The van der Waals surface area contributed by atoms with Crippen LogP contribution < -0.4 is 9.47 Å². The lowest BCUT2D eigenvalue weighted by molar-refractivity contribution is -0.147. The van der Waals surface area contributed by atoms with Crippen LogP contribution in [0, 0.1) is 0 Å². The number of rotatable bonds is 2. The molecule has 1 N–H and O–H groups in total. The molecule has 0 aromatic heterocycles. The monoisotopic (exact) mass is 282 g/mol. The molecule has 1 fully saturated rings. The number of hydrogen-bond acceptors (Lipinski definition) is 3. The normalized spacial score (nSPS) is 20.3. The minimum atomic E-state index is -0.845. The maximum absolute atomic E-state index is 11.6. The van der Waals surface area contributed by atoms with Crippen LogP contribution in [0.1, 0.15) is 31.2 Å². The highest BCUT2D eigenvalue weighted by molar-refractivity contribution is 6.32. The van der Waals surface area contributed by atoms with Crippen LogP contribution in [0.5, 0.6) is 11.5 Å². The Hall–Kier alpha value is -1.42. The molecular formula is C14H15ClO4. The van der Waals surface area contributed by atoms with E-state index in [1.165, 1.54) is 0 Å². The predicted octanol–water partition coefficient (Wildman–Crippen LogP) is 3.01. The smallest absolute Gasteiger partial charge is 0.314 e. The molecule has 4 nitrogen and oxygen atoms in total. The van der Waals surface area contributed by atoms with Crippen molar-refractivity contribution in [3.63, 3.8) is 0 Å². The average molecular weight is 283 g/mol. The number of carboxylic acid groups (broad SMARTS) is 1. The first kappa shape index (κ1) is 12.6. The summed E-state index contributed by atoms with van der Waals surface area (Å²) in [5, 5.41) is 9.94. The summed E-state index contributed by atoms with van der Waals surface area (Å²) in [6, 6.07) is 3.43. The van der Waals surface area contributed by atoms with E-state index in [-0.39, 0.29) is 0 Å². The number of halogens is 1. The fourth-order valence-electron chi connectivity index (χ4n) is 2.68. The maximum atomic E-state index is 11.6. The molecule has 1 heterocycles. The molecule has 0 radical (unpaired) electrons. The van der Waals surface area contributed by atoms with Crippen LogP contribution in [-0.4, -0.2) is 24.3 Å². The molecule has 3 rings (SSSR count). The Morgan fingerprint density at radius 3 is 2.32 bits per heavy atom. The maximum Gasteiger partial charge on any atom is 0.314 e. The topological polar surface area (TPSA) is 55.8 Å². The standard InChI is InChI=1S/C14H15ClO4/c15-10-8-12-11(18-5-2-6-19-12)7-9(10)14(13(16)17)3-1-4-14/h7-8H,1-6H2,(H,16,17). The molecule has 0 bridgehead atoms. The fraction of sp³-hybridized carbons (Fsp3) is 0.500. The molecule has 19 heavy (non-hydrogen) atoms. The first-order valence-electron chi connectivity index (χ1n) is 6.46. The van der Waals surface area contributed by atoms with Gasteiger partial charge in [0.1, 0.15) is 0 Å². The largest absolute Gasteiger partial charge is 0.490 e. The van der Waals surface area contributed by atoms with E-state index in [4.69, 9.17) is 21.1 Å². The van der Waals surface area contributed by atoms with E-state index in [0.29, 0.717) is 48.1 Å². The van der Waals surface area contributed by atoms with E-state index in [1.807, 2.05) is 0 Å². The molecule has 5 heteroatoms. The van der Waals surface area contributed by atoms with Gasteiger partial charge in [-0.05, 0) is 24.5 Å². The Labute approximate surface area is 116 Å². The van der Waals surface area contributed by atoms with Gasteiger partial charge in [0.15, 0.2) is 11.5 Å². The van der Waals surface area contributed by atoms with Crippen molar-refractivity contribution in [1.82, 2.24) is 0 Å². The SMILES string of the molecule is O=C(O)C1(c2cc3c(cc2Cl)OCCCO3)CCC1. The minimum Gasteiger partial charge on any atom is -0.490 e. The second-order valence-corrected chi connectivity index (χ2v) is 5.48. The highest BCUT2D eigenvalue weighted by Crippen LogP contribution is 2.49. The Kier molecular flexibility index (Phi) is 3.05. The summed E-state index contributed by atoms with van der Waals surface area (Å²) in [5.74, 6) is 0.394. The van der Waals surface area contributed by atoms with Gasteiger partial charge in [-0.2, -0.15) is 0 Å². The van der Waals surface area contributed by atoms with Gasteiger partial charge in [0.2, 0.25) is 0 Å². The fourth-order valence-corrected chi connectivity index (χ4v) is 3.01. The first-order valence-corrected chi connectivity index (χ1v) is 6.84. The van der Waals surface area contributed by atoms with Gasteiger partial charge < -0.3 is 14.6 Å². The lowest BCUT2D eigenvalue weighted by Gasteiger charge is -2.38. The van der Waals surface area contributed by atoms with Gasteiger partial charge in [-0.25, -0.2) is 0 Å². The zero-order chi connectivity index (χ0) is 13.5. The quantitative estimate of drug-likeness (QED) is 0.906. The molecule has 0 amide bonds. The van der Waals surface area contributed by atoms with Crippen LogP contribution in [0.25, 0.3) is 0 Å². The molecule has 2 aliphatic rings. The van der Waals surface area contributed by atoms with Gasteiger partial charge in [0.05, 0.1) is 18.6 Å². The molecule has 0 unspecified atom stereocenters. The highest BCUT2D eigenvalue weighted by atomic mass is 35.5. The van der Waals surface area contributed by atoms with Gasteiger partial charge in [-0.1, -0.05) is 18.0 Å².